The zero-order valence-corrected chi connectivity index (χ0v) is 10.5. The minimum atomic E-state index is -0.452. The van der Waals surface area contributed by atoms with Crippen LogP contribution in [-0.4, -0.2) is 29.7 Å². The van der Waals surface area contributed by atoms with Crippen molar-refractivity contribution in [2.24, 2.45) is 0 Å². The quantitative estimate of drug-likeness (QED) is 0.608. The average molecular weight is 257 g/mol. The van der Waals surface area contributed by atoms with Crippen LogP contribution in [0.5, 0.6) is 5.88 Å². The Morgan fingerprint density at radius 1 is 1.47 bits per heavy atom. The molecule has 92 valence electrons. The summed E-state index contributed by atoms with van der Waals surface area (Å²) in [5.74, 6) is 0.985. The Bertz CT molecular complexity index is 447. The zero-order chi connectivity index (χ0) is 12.4. The Hall–Kier alpha value is -1.36. The predicted molar refractivity (Wildman–Crippen MR) is 61.3 cm³/mol. The van der Waals surface area contributed by atoms with Gasteiger partial charge < -0.3 is 9.47 Å². The van der Waals surface area contributed by atoms with Gasteiger partial charge in [-0.2, -0.15) is 4.98 Å². The fourth-order valence-electron chi connectivity index (χ4n) is 1.34. The Balaban J connectivity index is 2.16. The summed E-state index contributed by atoms with van der Waals surface area (Å²) in [5, 5.41) is 0.377. The molecule has 0 amide bonds. The number of hydrogen-bond acceptors (Lipinski definition) is 5. The van der Waals surface area contributed by atoms with Crippen molar-refractivity contribution >= 4 is 17.6 Å². The van der Waals surface area contributed by atoms with Crippen molar-refractivity contribution in [3.05, 3.63) is 16.5 Å². The molecule has 0 spiro atoms. The van der Waals surface area contributed by atoms with E-state index in [9.17, 15) is 4.79 Å². The summed E-state index contributed by atoms with van der Waals surface area (Å²) >= 11 is 5.99. The normalized spacial score (nSPS) is 14.5. The molecule has 0 unspecified atom stereocenters. The van der Waals surface area contributed by atoms with Gasteiger partial charge in [-0.15, -0.1) is 0 Å². The van der Waals surface area contributed by atoms with Crippen LogP contribution in [0, 0.1) is 6.92 Å². The van der Waals surface area contributed by atoms with Crippen LogP contribution in [0.2, 0.25) is 5.15 Å². The lowest BCUT2D eigenvalue weighted by Crippen LogP contribution is -2.14. The van der Waals surface area contributed by atoms with Gasteiger partial charge in [0, 0.05) is 11.5 Å². The fraction of sp³-hybridized carbons (Fsp3) is 0.545. The standard InChI is InChI=1S/C11H13ClN2O3/c1-6-9(12)13-10(7-3-4-7)14-11(6)17-5-8(15)16-2/h7H,3-5H2,1-2H3. The van der Waals surface area contributed by atoms with Crippen molar-refractivity contribution in [1.29, 1.82) is 0 Å². The number of rotatable bonds is 4. The minimum absolute atomic E-state index is 0.172. The van der Waals surface area contributed by atoms with E-state index >= 15 is 0 Å². The maximum Gasteiger partial charge on any atom is 0.343 e. The summed E-state index contributed by atoms with van der Waals surface area (Å²) in [6.45, 7) is 1.58. The third kappa shape index (κ3) is 2.85. The molecule has 0 radical (unpaired) electrons. The first-order valence-electron chi connectivity index (χ1n) is 5.35. The summed E-state index contributed by atoms with van der Waals surface area (Å²) in [7, 11) is 1.31. The molecule has 1 fully saturated rings. The number of carbonyl (C=O) groups is 1. The fourth-order valence-corrected chi connectivity index (χ4v) is 1.50. The van der Waals surface area contributed by atoms with Gasteiger partial charge in [0.15, 0.2) is 6.61 Å². The molecule has 1 aromatic rings. The van der Waals surface area contributed by atoms with E-state index in [1.54, 1.807) is 6.92 Å². The second-order valence-corrected chi connectivity index (χ2v) is 4.30. The van der Waals surface area contributed by atoms with Gasteiger partial charge in [0.05, 0.1) is 7.11 Å². The van der Waals surface area contributed by atoms with E-state index in [4.69, 9.17) is 16.3 Å². The summed E-state index contributed by atoms with van der Waals surface area (Å²) in [6.07, 6.45) is 2.16. The summed E-state index contributed by atoms with van der Waals surface area (Å²) in [6, 6.07) is 0. The van der Waals surface area contributed by atoms with E-state index in [0.717, 1.165) is 12.8 Å². The van der Waals surface area contributed by atoms with E-state index in [0.29, 0.717) is 28.3 Å². The molecule has 1 heterocycles. The number of esters is 1. The van der Waals surface area contributed by atoms with Crippen molar-refractivity contribution in [3.63, 3.8) is 0 Å². The predicted octanol–water partition coefficient (Wildman–Crippen LogP) is 1.87. The highest BCUT2D eigenvalue weighted by Gasteiger charge is 2.28. The molecular weight excluding hydrogens is 244 g/mol. The lowest BCUT2D eigenvalue weighted by atomic mass is 10.3. The van der Waals surface area contributed by atoms with Crippen LogP contribution >= 0.6 is 11.6 Å². The summed E-state index contributed by atoms with van der Waals surface area (Å²) < 4.78 is 9.77. The molecule has 0 N–H and O–H groups in total. The van der Waals surface area contributed by atoms with Gasteiger partial charge in [0.2, 0.25) is 5.88 Å². The highest BCUT2D eigenvalue weighted by molar-refractivity contribution is 6.30. The third-order valence-corrected chi connectivity index (χ3v) is 2.92. The lowest BCUT2D eigenvalue weighted by molar-refractivity contribution is -0.143. The molecule has 2 rings (SSSR count). The van der Waals surface area contributed by atoms with Gasteiger partial charge in [0.25, 0.3) is 0 Å². The molecule has 17 heavy (non-hydrogen) atoms. The van der Waals surface area contributed by atoms with Gasteiger partial charge in [-0.25, -0.2) is 9.78 Å². The first kappa shape index (κ1) is 12.1. The van der Waals surface area contributed by atoms with Gasteiger partial charge in [-0.1, -0.05) is 11.6 Å². The SMILES string of the molecule is COC(=O)COc1nc(C2CC2)nc(Cl)c1C. The molecule has 1 aliphatic rings. The third-order valence-electron chi connectivity index (χ3n) is 2.56. The Kier molecular flexibility index (Phi) is 3.47. The maximum absolute atomic E-state index is 11.0. The highest BCUT2D eigenvalue weighted by Crippen LogP contribution is 2.39. The van der Waals surface area contributed by atoms with E-state index in [1.807, 2.05) is 0 Å². The van der Waals surface area contributed by atoms with E-state index in [2.05, 4.69) is 14.7 Å². The molecular formula is C11H13ClN2O3. The Morgan fingerprint density at radius 2 is 2.18 bits per heavy atom. The monoisotopic (exact) mass is 256 g/mol. The van der Waals surface area contributed by atoms with Crippen LogP contribution in [0.1, 0.15) is 30.1 Å². The zero-order valence-electron chi connectivity index (χ0n) is 9.70. The first-order chi connectivity index (χ1) is 8.11. The molecule has 0 bridgehead atoms. The molecule has 0 atom stereocenters. The summed E-state index contributed by atoms with van der Waals surface area (Å²) in [4.78, 5) is 19.5. The second-order valence-electron chi connectivity index (χ2n) is 3.94. The topological polar surface area (TPSA) is 61.3 Å². The van der Waals surface area contributed by atoms with E-state index < -0.39 is 5.97 Å². The van der Waals surface area contributed by atoms with Crippen molar-refractivity contribution in [1.82, 2.24) is 9.97 Å². The molecule has 5 nitrogen and oxygen atoms in total. The molecule has 0 aromatic carbocycles. The van der Waals surface area contributed by atoms with Crippen LogP contribution in [-0.2, 0) is 9.53 Å². The highest BCUT2D eigenvalue weighted by atomic mass is 35.5. The summed E-state index contributed by atoms with van der Waals surface area (Å²) in [5.41, 5.74) is 0.639. The average Bonchev–Trinajstić information content (AvgIpc) is 3.14. The second kappa shape index (κ2) is 4.87. The molecule has 6 heteroatoms. The maximum atomic E-state index is 11.0. The van der Waals surface area contributed by atoms with Crippen molar-refractivity contribution in [3.8, 4) is 5.88 Å². The molecule has 1 aliphatic carbocycles. The van der Waals surface area contributed by atoms with Crippen LogP contribution in [0.4, 0.5) is 0 Å². The number of hydrogen-bond donors (Lipinski definition) is 0. The number of halogens is 1. The van der Waals surface area contributed by atoms with Crippen LogP contribution < -0.4 is 4.74 Å². The first-order valence-corrected chi connectivity index (χ1v) is 5.73. The van der Waals surface area contributed by atoms with E-state index in [-0.39, 0.29) is 6.61 Å². The van der Waals surface area contributed by atoms with Crippen molar-refractivity contribution < 1.29 is 14.3 Å². The van der Waals surface area contributed by atoms with Gasteiger partial charge >= 0.3 is 5.97 Å². The number of methoxy groups -OCH3 is 1. The molecule has 0 aliphatic heterocycles. The minimum Gasteiger partial charge on any atom is -0.466 e. The van der Waals surface area contributed by atoms with Crippen LogP contribution in [0.15, 0.2) is 0 Å². The van der Waals surface area contributed by atoms with E-state index in [1.165, 1.54) is 7.11 Å². The van der Waals surface area contributed by atoms with Gasteiger partial charge in [-0.05, 0) is 19.8 Å². The van der Waals surface area contributed by atoms with Crippen molar-refractivity contribution in [2.45, 2.75) is 25.7 Å². The molecule has 1 saturated carbocycles. The number of aromatic nitrogens is 2. The number of nitrogens with zero attached hydrogens (tertiary/aromatic N) is 2. The lowest BCUT2D eigenvalue weighted by Gasteiger charge is -2.09. The Labute approximate surface area is 104 Å². The smallest absolute Gasteiger partial charge is 0.343 e. The molecule has 0 saturated heterocycles. The van der Waals surface area contributed by atoms with Crippen molar-refractivity contribution in [2.75, 3.05) is 13.7 Å². The largest absolute Gasteiger partial charge is 0.466 e. The van der Waals surface area contributed by atoms with Gasteiger partial charge in [-0.3, -0.25) is 0 Å². The van der Waals surface area contributed by atoms with Crippen LogP contribution in [0.3, 0.4) is 0 Å². The van der Waals surface area contributed by atoms with Gasteiger partial charge in [0.1, 0.15) is 11.0 Å². The molecule has 1 aromatic heterocycles. The van der Waals surface area contributed by atoms with Crippen LogP contribution in [0.25, 0.3) is 0 Å². The Morgan fingerprint density at radius 3 is 2.76 bits per heavy atom. The number of ether oxygens (including phenoxy) is 2. The number of carbonyl (C=O) groups excluding carboxylic acids is 1.